The molecule has 2 heterocycles. The van der Waals surface area contributed by atoms with Crippen molar-refractivity contribution in [3.63, 3.8) is 0 Å². The van der Waals surface area contributed by atoms with E-state index in [0.29, 0.717) is 27.9 Å². The molecule has 7 heteroatoms. The van der Waals surface area contributed by atoms with Crippen LogP contribution >= 0.6 is 11.3 Å². The van der Waals surface area contributed by atoms with E-state index in [4.69, 9.17) is 4.74 Å². The molecule has 0 spiro atoms. The van der Waals surface area contributed by atoms with Gasteiger partial charge in [-0.15, -0.1) is 11.3 Å². The molecule has 0 saturated heterocycles. The standard InChI is InChI=1S/C21H19N3O3S/c1-4-16-13(3)19(14-7-5-6-8-17(14)24-16)21(26)27-10-18(25)15(9-22)20-23-12(2)11-28-20/h5-8,11,15H,4,10H2,1-3H3/t15-/m0/s1. The largest absolute Gasteiger partial charge is 0.454 e. The average molecular weight is 393 g/mol. The van der Waals surface area contributed by atoms with E-state index in [0.717, 1.165) is 17.0 Å². The van der Waals surface area contributed by atoms with Gasteiger partial charge in [-0.2, -0.15) is 5.26 Å². The zero-order valence-electron chi connectivity index (χ0n) is 15.9. The van der Waals surface area contributed by atoms with E-state index in [2.05, 4.69) is 9.97 Å². The number of rotatable bonds is 6. The minimum atomic E-state index is -1.03. The molecule has 0 N–H and O–H groups in total. The second-order valence-electron chi connectivity index (χ2n) is 6.36. The van der Waals surface area contributed by atoms with Gasteiger partial charge in [-0.05, 0) is 31.9 Å². The summed E-state index contributed by atoms with van der Waals surface area (Å²) in [6.45, 7) is 5.11. The number of nitriles is 1. The van der Waals surface area contributed by atoms with Crippen molar-refractivity contribution >= 4 is 34.0 Å². The van der Waals surface area contributed by atoms with Crippen LogP contribution in [0.15, 0.2) is 29.6 Å². The van der Waals surface area contributed by atoms with Crippen LogP contribution in [-0.2, 0) is 16.0 Å². The highest BCUT2D eigenvalue weighted by Crippen LogP contribution is 2.25. The Kier molecular flexibility index (Phi) is 5.81. The molecule has 0 amide bonds. The Balaban J connectivity index is 1.84. The fraction of sp³-hybridized carbons (Fsp3) is 0.286. The number of thiazole rings is 1. The van der Waals surface area contributed by atoms with Gasteiger partial charge >= 0.3 is 5.97 Å². The van der Waals surface area contributed by atoms with Crippen LogP contribution in [-0.4, -0.2) is 28.3 Å². The van der Waals surface area contributed by atoms with Gasteiger partial charge in [0.2, 0.25) is 0 Å². The second kappa shape index (κ2) is 8.28. The smallest absolute Gasteiger partial charge is 0.339 e. The monoisotopic (exact) mass is 393 g/mol. The lowest BCUT2D eigenvalue weighted by Gasteiger charge is -2.13. The highest BCUT2D eigenvalue weighted by atomic mass is 32.1. The lowest BCUT2D eigenvalue weighted by Crippen LogP contribution is -2.21. The number of ketones is 1. The van der Waals surface area contributed by atoms with E-state index >= 15 is 0 Å². The number of aryl methyl sites for hydroxylation is 2. The first-order valence-corrected chi connectivity index (χ1v) is 9.73. The van der Waals surface area contributed by atoms with Gasteiger partial charge in [0.1, 0.15) is 5.01 Å². The number of hydrogen-bond acceptors (Lipinski definition) is 7. The first kappa shape index (κ1) is 19.6. The molecule has 2 aromatic heterocycles. The molecule has 0 radical (unpaired) electrons. The van der Waals surface area contributed by atoms with Crippen molar-refractivity contribution in [1.82, 2.24) is 9.97 Å². The maximum atomic E-state index is 12.8. The molecule has 142 valence electrons. The highest BCUT2D eigenvalue weighted by Gasteiger charge is 2.26. The molecule has 0 aliphatic rings. The Morgan fingerprint density at radius 2 is 2.00 bits per heavy atom. The molecule has 0 aliphatic carbocycles. The fourth-order valence-corrected chi connectivity index (χ4v) is 3.89. The van der Waals surface area contributed by atoms with Crippen LogP contribution in [0.4, 0.5) is 0 Å². The summed E-state index contributed by atoms with van der Waals surface area (Å²) in [5.74, 6) is -2.11. The van der Waals surface area contributed by atoms with Crippen molar-refractivity contribution in [2.45, 2.75) is 33.1 Å². The van der Waals surface area contributed by atoms with Crippen LogP contribution in [0.25, 0.3) is 10.9 Å². The molecule has 0 saturated carbocycles. The predicted molar refractivity (Wildman–Crippen MR) is 106 cm³/mol. The summed E-state index contributed by atoms with van der Waals surface area (Å²) in [6.07, 6.45) is 0.676. The number of hydrogen-bond donors (Lipinski definition) is 0. The number of fused-ring (bicyclic) bond motifs is 1. The minimum Gasteiger partial charge on any atom is -0.454 e. The molecule has 1 atom stereocenters. The van der Waals surface area contributed by atoms with Gasteiger partial charge in [-0.25, -0.2) is 9.78 Å². The number of carbonyl (C=O) groups is 2. The number of pyridine rings is 1. The van der Waals surface area contributed by atoms with E-state index in [1.165, 1.54) is 11.3 Å². The van der Waals surface area contributed by atoms with Gasteiger partial charge in [0.05, 0.1) is 17.1 Å². The van der Waals surface area contributed by atoms with Crippen LogP contribution in [0.3, 0.4) is 0 Å². The molecule has 0 bridgehead atoms. The Morgan fingerprint density at radius 3 is 2.64 bits per heavy atom. The average Bonchev–Trinajstić information content (AvgIpc) is 3.12. The molecule has 3 rings (SSSR count). The van der Waals surface area contributed by atoms with Gasteiger partial charge in [0, 0.05) is 22.2 Å². The number of nitrogens with zero attached hydrogens (tertiary/aromatic N) is 3. The van der Waals surface area contributed by atoms with E-state index < -0.39 is 24.3 Å². The number of aromatic nitrogens is 2. The molecular formula is C21H19N3O3S. The summed E-state index contributed by atoms with van der Waals surface area (Å²) in [5.41, 5.74) is 3.41. The quantitative estimate of drug-likeness (QED) is 0.590. The van der Waals surface area contributed by atoms with Gasteiger partial charge in [-0.3, -0.25) is 9.78 Å². The number of esters is 1. The highest BCUT2D eigenvalue weighted by molar-refractivity contribution is 7.09. The van der Waals surface area contributed by atoms with Crippen LogP contribution < -0.4 is 0 Å². The molecule has 28 heavy (non-hydrogen) atoms. The van der Waals surface area contributed by atoms with Crippen molar-refractivity contribution in [3.05, 3.63) is 57.2 Å². The summed E-state index contributed by atoms with van der Waals surface area (Å²) in [4.78, 5) is 34.0. The Bertz CT molecular complexity index is 1100. The maximum absolute atomic E-state index is 12.8. The zero-order valence-corrected chi connectivity index (χ0v) is 16.7. The van der Waals surface area contributed by atoms with Crippen molar-refractivity contribution in [2.24, 2.45) is 0 Å². The van der Waals surface area contributed by atoms with Gasteiger partial charge in [0.15, 0.2) is 18.3 Å². The predicted octanol–water partition coefficient (Wildman–Crippen LogP) is 3.90. The Hall–Kier alpha value is -3.11. The Labute approximate surface area is 166 Å². The second-order valence-corrected chi connectivity index (χ2v) is 7.25. The molecule has 6 nitrogen and oxygen atoms in total. The lowest BCUT2D eigenvalue weighted by molar-refractivity contribution is -0.122. The first-order valence-electron chi connectivity index (χ1n) is 8.86. The normalized spacial score (nSPS) is 11.8. The van der Waals surface area contributed by atoms with Crippen molar-refractivity contribution in [1.29, 1.82) is 5.26 Å². The number of carbonyl (C=O) groups excluding carboxylic acids is 2. The minimum absolute atomic E-state index is 0.411. The molecule has 1 aromatic carbocycles. The zero-order chi connectivity index (χ0) is 20.3. The third-order valence-corrected chi connectivity index (χ3v) is 5.48. The fourth-order valence-electron chi connectivity index (χ4n) is 3.03. The van der Waals surface area contributed by atoms with Gasteiger partial charge in [0.25, 0.3) is 0 Å². The van der Waals surface area contributed by atoms with Gasteiger partial charge < -0.3 is 4.74 Å². The number of Topliss-reactive ketones (excluding diaryl/α,β-unsaturated/α-hetero) is 1. The number of para-hydroxylation sites is 1. The van der Waals surface area contributed by atoms with Crippen molar-refractivity contribution in [3.8, 4) is 6.07 Å². The lowest BCUT2D eigenvalue weighted by atomic mass is 10.0. The third kappa shape index (κ3) is 3.78. The van der Waals surface area contributed by atoms with E-state index in [1.54, 1.807) is 12.3 Å². The maximum Gasteiger partial charge on any atom is 0.339 e. The molecule has 3 aromatic rings. The van der Waals surface area contributed by atoms with Crippen LogP contribution in [0.5, 0.6) is 0 Å². The summed E-state index contributed by atoms with van der Waals surface area (Å²) in [6, 6.07) is 9.28. The van der Waals surface area contributed by atoms with Crippen LogP contribution in [0.2, 0.25) is 0 Å². The topological polar surface area (TPSA) is 92.9 Å². The third-order valence-electron chi connectivity index (χ3n) is 4.46. The molecule has 0 unspecified atom stereocenters. The van der Waals surface area contributed by atoms with Gasteiger partial charge in [-0.1, -0.05) is 25.1 Å². The van der Waals surface area contributed by atoms with E-state index in [-0.39, 0.29) is 0 Å². The summed E-state index contributed by atoms with van der Waals surface area (Å²) in [7, 11) is 0. The summed E-state index contributed by atoms with van der Waals surface area (Å²) in [5, 5.41) is 12.2. The first-order chi connectivity index (χ1) is 13.5. The number of benzene rings is 1. The van der Waals surface area contributed by atoms with Crippen molar-refractivity contribution in [2.75, 3.05) is 6.61 Å². The van der Waals surface area contributed by atoms with Crippen LogP contribution in [0, 0.1) is 25.2 Å². The summed E-state index contributed by atoms with van der Waals surface area (Å²) < 4.78 is 5.30. The molecule has 0 aliphatic heterocycles. The van der Waals surface area contributed by atoms with E-state index in [9.17, 15) is 14.9 Å². The molecular weight excluding hydrogens is 374 g/mol. The van der Waals surface area contributed by atoms with Crippen LogP contribution in [0.1, 0.15) is 45.2 Å². The summed E-state index contributed by atoms with van der Waals surface area (Å²) >= 11 is 1.25. The Morgan fingerprint density at radius 1 is 1.25 bits per heavy atom. The SMILES string of the molecule is CCc1nc2ccccc2c(C(=O)OCC(=O)[C@H](C#N)c2nc(C)cs2)c1C. The van der Waals surface area contributed by atoms with Crippen molar-refractivity contribution < 1.29 is 14.3 Å². The molecule has 0 fully saturated rings. The van der Waals surface area contributed by atoms with E-state index in [1.807, 2.05) is 44.2 Å². The number of ether oxygens (including phenoxy) is 1.